The van der Waals surface area contributed by atoms with Gasteiger partial charge < -0.3 is 14.9 Å². The molecule has 26 heavy (non-hydrogen) atoms. The zero-order chi connectivity index (χ0) is 17.9. The molecular weight excluding hydrogens is 330 g/mol. The molecule has 0 radical (unpaired) electrons. The van der Waals surface area contributed by atoms with Crippen molar-refractivity contribution < 1.29 is 9.90 Å². The van der Waals surface area contributed by atoms with Crippen molar-refractivity contribution in [3.8, 4) is 0 Å². The van der Waals surface area contributed by atoms with Crippen LogP contribution < -0.4 is 4.90 Å². The molecule has 4 rings (SSSR count). The van der Waals surface area contributed by atoms with Crippen LogP contribution in [0.25, 0.3) is 0 Å². The van der Waals surface area contributed by atoms with Crippen molar-refractivity contribution in [2.45, 2.75) is 44.4 Å². The van der Waals surface area contributed by atoms with Gasteiger partial charge in [0.25, 0.3) is 5.91 Å². The van der Waals surface area contributed by atoms with Crippen molar-refractivity contribution in [1.82, 2.24) is 19.7 Å². The fourth-order valence-corrected chi connectivity index (χ4v) is 3.79. The Hall–Kier alpha value is -2.41. The summed E-state index contributed by atoms with van der Waals surface area (Å²) in [6.45, 7) is 2.86. The summed E-state index contributed by atoms with van der Waals surface area (Å²) in [5.74, 6) is 0.888. The summed E-state index contributed by atoms with van der Waals surface area (Å²) in [7, 11) is 0. The lowest BCUT2D eigenvalue weighted by atomic mass is 9.98. The molecule has 0 aromatic carbocycles. The highest BCUT2D eigenvalue weighted by Gasteiger charge is 2.29. The van der Waals surface area contributed by atoms with E-state index in [9.17, 15) is 9.90 Å². The standard InChI is InChI=1S/C19H25N5O2/c25-17-13-22(14-17)18-6-5-15(12-20-18)19(26)24-10-2-1-4-16(24)7-11-23-9-3-8-21-23/h3,5-6,8-9,12,16-17,25H,1-2,4,7,10-11,13-14H2. The number of aliphatic hydroxyl groups is 1. The zero-order valence-corrected chi connectivity index (χ0v) is 14.9. The molecule has 2 aliphatic heterocycles. The fourth-order valence-electron chi connectivity index (χ4n) is 3.79. The number of β-amino-alcohol motifs (C(OH)–C–C–N with tert-alkyl or cyclic N) is 1. The van der Waals surface area contributed by atoms with Crippen LogP contribution in [0.3, 0.4) is 0 Å². The Bertz CT molecular complexity index is 725. The number of rotatable bonds is 5. The summed E-state index contributed by atoms with van der Waals surface area (Å²) in [6, 6.07) is 5.91. The van der Waals surface area contributed by atoms with Crippen LogP contribution >= 0.6 is 0 Å². The predicted octanol–water partition coefficient (Wildman–Crippen LogP) is 1.54. The first kappa shape index (κ1) is 17.0. The van der Waals surface area contributed by atoms with Crippen LogP contribution in [0.4, 0.5) is 5.82 Å². The van der Waals surface area contributed by atoms with E-state index in [0.29, 0.717) is 18.7 Å². The molecule has 7 nitrogen and oxygen atoms in total. The van der Waals surface area contributed by atoms with Crippen LogP contribution in [0.15, 0.2) is 36.8 Å². The van der Waals surface area contributed by atoms with Gasteiger partial charge in [-0.1, -0.05) is 0 Å². The van der Waals surface area contributed by atoms with E-state index in [4.69, 9.17) is 0 Å². The van der Waals surface area contributed by atoms with E-state index in [1.807, 2.05) is 38.9 Å². The van der Waals surface area contributed by atoms with E-state index in [-0.39, 0.29) is 18.1 Å². The summed E-state index contributed by atoms with van der Waals surface area (Å²) < 4.78 is 1.93. The predicted molar refractivity (Wildman–Crippen MR) is 98.0 cm³/mol. The van der Waals surface area contributed by atoms with Gasteiger partial charge in [-0.05, 0) is 43.9 Å². The molecule has 2 aliphatic rings. The van der Waals surface area contributed by atoms with Crippen molar-refractivity contribution in [3.05, 3.63) is 42.4 Å². The number of nitrogens with zero attached hydrogens (tertiary/aromatic N) is 5. The molecule has 138 valence electrons. The third kappa shape index (κ3) is 3.58. The minimum Gasteiger partial charge on any atom is -0.389 e. The maximum Gasteiger partial charge on any atom is 0.255 e. The Morgan fingerprint density at radius 3 is 2.85 bits per heavy atom. The lowest BCUT2D eigenvalue weighted by Crippen LogP contribution is -2.51. The second kappa shape index (κ2) is 7.45. The van der Waals surface area contributed by atoms with E-state index in [1.54, 1.807) is 12.4 Å². The van der Waals surface area contributed by atoms with Crippen LogP contribution in [-0.2, 0) is 6.54 Å². The number of hydrogen-bond acceptors (Lipinski definition) is 5. The van der Waals surface area contributed by atoms with E-state index in [0.717, 1.165) is 38.2 Å². The molecule has 2 aromatic heterocycles. The van der Waals surface area contributed by atoms with E-state index < -0.39 is 0 Å². The molecular formula is C19H25N5O2. The Morgan fingerprint density at radius 2 is 2.15 bits per heavy atom. The van der Waals surface area contributed by atoms with Gasteiger partial charge in [-0.15, -0.1) is 0 Å². The number of likely N-dealkylation sites (tertiary alicyclic amines) is 1. The summed E-state index contributed by atoms with van der Waals surface area (Å²) >= 11 is 0. The molecule has 0 bridgehead atoms. The van der Waals surface area contributed by atoms with Gasteiger partial charge in [0, 0.05) is 50.8 Å². The second-order valence-corrected chi connectivity index (χ2v) is 7.17. The molecule has 2 fully saturated rings. The number of carbonyl (C=O) groups is 1. The molecule has 0 saturated carbocycles. The Balaban J connectivity index is 1.41. The number of amides is 1. The minimum atomic E-state index is -0.262. The number of hydrogen-bond donors (Lipinski definition) is 1. The third-order valence-corrected chi connectivity index (χ3v) is 5.32. The minimum absolute atomic E-state index is 0.0675. The van der Waals surface area contributed by atoms with Crippen LogP contribution in [0, 0.1) is 0 Å². The average molecular weight is 355 g/mol. The first-order valence-electron chi connectivity index (χ1n) is 9.38. The second-order valence-electron chi connectivity index (χ2n) is 7.17. The van der Waals surface area contributed by atoms with Crippen LogP contribution in [-0.4, -0.2) is 62.5 Å². The Labute approximate surface area is 153 Å². The Morgan fingerprint density at radius 1 is 1.27 bits per heavy atom. The number of piperidine rings is 1. The van der Waals surface area contributed by atoms with Gasteiger partial charge in [0.1, 0.15) is 5.82 Å². The van der Waals surface area contributed by atoms with Gasteiger partial charge in [-0.25, -0.2) is 4.98 Å². The highest BCUT2D eigenvalue weighted by atomic mass is 16.3. The highest BCUT2D eigenvalue weighted by Crippen LogP contribution is 2.24. The van der Waals surface area contributed by atoms with E-state index in [1.165, 1.54) is 6.42 Å². The number of aliphatic hydroxyl groups excluding tert-OH is 1. The number of anilines is 1. The van der Waals surface area contributed by atoms with Gasteiger partial charge in [0.2, 0.25) is 0 Å². The highest BCUT2D eigenvalue weighted by molar-refractivity contribution is 5.94. The average Bonchev–Trinajstić information content (AvgIpc) is 3.17. The van der Waals surface area contributed by atoms with Crippen LogP contribution in [0.5, 0.6) is 0 Å². The fraction of sp³-hybridized carbons (Fsp3) is 0.526. The molecule has 7 heteroatoms. The number of pyridine rings is 1. The monoisotopic (exact) mass is 355 g/mol. The zero-order valence-electron chi connectivity index (χ0n) is 14.9. The van der Waals surface area contributed by atoms with Crippen molar-refractivity contribution in [1.29, 1.82) is 0 Å². The SMILES string of the molecule is O=C(c1ccc(N2CC(O)C2)nc1)N1CCCCC1CCn1cccn1. The summed E-state index contributed by atoms with van der Waals surface area (Å²) in [5, 5.41) is 13.7. The lowest BCUT2D eigenvalue weighted by molar-refractivity contribution is 0.0593. The maximum absolute atomic E-state index is 13.0. The summed E-state index contributed by atoms with van der Waals surface area (Å²) in [5.41, 5.74) is 0.640. The van der Waals surface area contributed by atoms with Crippen molar-refractivity contribution in [2.24, 2.45) is 0 Å². The molecule has 2 saturated heterocycles. The molecule has 1 N–H and O–H groups in total. The van der Waals surface area contributed by atoms with Gasteiger partial charge in [0.05, 0.1) is 11.7 Å². The first-order chi connectivity index (χ1) is 12.7. The van der Waals surface area contributed by atoms with Crippen LogP contribution in [0.2, 0.25) is 0 Å². The van der Waals surface area contributed by atoms with Crippen molar-refractivity contribution in [3.63, 3.8) is 0 Å². The van der Waals surface area contributed by atoms with Gasteiger partial charge in [0.15, 0.2) is 0 Å². The molecule has 1 unspecified atom stereocenters. The smallest absolute Gasteiger partial charge is 0.255 e. The van der Waals surface area contributed by atoms with Gasteiger partial charge in [-0.2, -0.15) is 5.10 Å². The normalized spacial score (nSPS) is 20.9. The van der Waals surface area contributed by atoms with E-state index in [2.05, 4.69) is 10.1 Å². The summed E-state index contributed by atoms with van der Waals surface area (Å²) in [4.78, 5) is 21.4. The topological polar surface area (TPSA) is 74.5 Å². The quantitative estimate of drug-likeness (QED) is 0.881. The lowest BCUT2D eigenvalue weighted by Gasteiger charge is -2.37. The first-order valence-corrected chi connectivity index (χ1v) is 9.38. The molecule has 1 amide bonds. The third-order valence-electron chi connectivity index (χ3n) is 5.32. The van der Waals surface area contributed by atoms with Crippen LogP contribution in [0.1, 0.15) is 36.0 Å². The number of carbonyl (C=O) groups excluding carboxylic acids is 1. The molecule has 0 spiro atoms. The molecule has 4 heterocycles. The van der Waals surface area contributed by atoms with Gasteiger partial charge in [-0.3, -0.25) is 9.48 Å². The largest absolute Gasteiger partial charge is 0.389 e. The molecule has 2 aromatic rings. The van der Waals surface area contributed by atoms with E-state index >= 15 is 0 Å². The van der Waals surface area contributed by atoms with Crippen molar-refractivity contribution >= 4 is 11.7 Å². The maximum atomic E-state index is 13.0. The van der Waals surface area contributed by atoms with Crippen molar-refractivity contribution in [2.75, 3.05) is 24.5 Å². The number of aromatic nitrogens is 3. The molecule has 0 aliphatic carbocycles. The van der Waals surface area contributed by atoms with Gasteiger partial charge >= 0.3 is 0 Å². The molecule has 1 atom stereocenters. The summed E-state index contributed by atoms with van der Waals surface area (Å²) in [6.07, 6.45) is 9.35. The Kier molecular flexibility index (Phi) is 4.88. The number of aryl methyl sites for hydroxylation is 1.